The summed E-state index contributed by atoms with van der Waals surface area (Å²) in [5.41, 5.74) is 0.784. The maximum Gasteiger partial charge on any atom is 0.250 e. The van der Waals surface area contributed by atoms with E-state index in [0.29, 0.717) is 5.02 Å². The minimum atomic E-state index is -1.84. The first-order chi connectivity index (χ1) is 7.65. The molecule has 0 bridgehead atoms. The van der Waals surface area contributed by atoms with Gasteiger partial charge in [-0.1, -0.05) is 32.4 Å². The van der Waals surface area contributed by atoms with Gasteiger partial charge in [-0.05, 0) is 41.9 Å². The molecule has 96 valence electrons. The molecule has 0 amide bonds. The maximum absolute atomic E-state index is 9.14. The first-order valence-electron chi connectivity index (χ1n) is 5.75. The number of halogens is 1. The molecular weight excluding hydrogens is 252 g/mol. The van der Waals surface area contributed by atoms with Gasteiger partial charge in [-0.2, -0.15) is 0 Å². The zero-order valence-electron chi connectivity index (χ0n) is 11.2. The summed E-state index contributed by atoms with van der Waals surface area (Å²) >= 11 is 6.00. The smallest absolute Gasteiger partial charge is 0.250 e. The third kappa shape index (κ3) is 3.73. The first-order valence-corrected chi connectivity index (χ1v) is 9.04. The van der Waals surface area contributed by atoms with Crippen molar-refractivity contribution in [3.63, 3.8) is 0 Å². The Morgan fingerprint density at radius 1 is 1.24 bits per heavy atom. The Balaban J connectivity index is 2.99. The second-order valence-electron chi connectivity index (χ2n) is 5.82. The highest BCUT2D eigenvalue weighted by molar-refractivity contribution is 6.74. The molecule has 0 heterocycles. The van der Waals surface area contributed by atoms with Crippen LogP contribution in [0.25, 0.3) is 0 Å². The van der Waals surface area contributed by atoms with Gasteiger partial charge in [-0.15, -0.1) is 0 Å². The van der Waals surface area contributed by atoms with E-state index in [1.165, 1.54) is 0 Å². The number of aliphatic hydroxyl groups excluding tert-OH is 1. The van der Waals surface area contributed by atoms with Crippen LogP contribution in [0.15, 0.2) is 18.2 Å². The Bertz CT molecular complexity index is 397. The van der Waals surface area contributed by atoms with E-state index in [4.69, 9.17) is 21.1 Å². The highest BCUT2D eigenvalue weighted by Crippen LogP contribution is 2.38. The molecule has 0 fully saturated rings. The number of aliphatic hydroxyl groups is 1. The van der Waals surface area contributed by atoms with Gasteiger partial charge in [0.25, 0.3) is 0 Å². The van der Waals surface area contributed by atoms with Crippen LogP contribution in [-0.2, 0) is 6.61 Å². The van der Waals surface area contributed by atoms with Crippen LogP contribution in [0, 0.1) is 0 Å². The summed E-state index contributed by atoms with van der Waals surface area (Å²) in [4.78, 5) is 0. The predicted octanol–water partition coefficient (Wildman–Crippen LogP) is 4.22. The zero-order chi connectivity index (χ0) is 13.3. The fourth-order valence-electron chi connectivity index (χ4n) is 1.22. The molecule has 0 aliphatic carbocycles. The molecule has 1 aromatic rings. The lowest BCUT2D eigenvalue weighted by atomic mass is 10.2. The standard InChI is InChI=1S/C13H21ClO2Si/c1-13(2,3)17(4,5)16-12-7-10(9-15)6-11(14)8-12/h6-8,15H,9H2,1-5H3. The Morgan fingerprint density at radius 3 is 2.29 bits per heavy atom. The van der Waals surface area contributed by atoms with Crippen LogP contribution in [0.2, 0.25) is 23.2 Å². The van der Waals surface area contributed by atoms with Crippen molar-refractivity contribution in [1.82, 2.24) is 0 Å². The van der Waals surface area contributed by atoms with Crippen LogP contribution in [0.1, 0.15) is 26.3 Å². The first kappa shape index (κ1) is 14.5. The molecule has 0 saturated carbocycles. The Hall–Kier alpha value is -0.513. The maximum atomic E-state index is 9.14. The fraction of sp³-hybridized carbons (Fsp3) is 0.538. The second kappa shape index (κ2) is 5.00. The molecule has 17 heavy (non-hydrogen) atoms. The van der Waals surface area contributed by atoms with Crippen molar-refractivity contribution in [3.05, 3.63) is 28.8 Å². The Morgan fingerprint density at radius 2 is 1.82 bits per heavy atom. The van der Waals surface area contributed by atoms with E-state index in [-0.39, 0.29) is 11.6 Å². The largest absolute Gasteiger partial charge is 0.543 e. The highest BCUT2D eigenvalue weighted by Gasteiger charge is 2.39. The molecule has 0 radical (unpaired) electrons. The van der Waals surface area contributed by atoms with Crippen molar-refractivity contribution in [3.8, 4) is 5.75 Å². The van der Waals surface area contributed by atoms with E-state index < -0.39 is 8.32 Å². The molecule has 1 N–H and O–H groups in total. The van der Waals surface area contributed by atoms with Crippen molar-refractivity contribution in [1.29, 1.82) is 0 Å². The molecular formula is C13H21ClO2Si. The van der Waals surface area contributed by atoms with E-state index in [1.54, 1.807) is 12.1 Å². The second-order valence-corrected chi connectivity index (χ2v) is 11.0. The fourth-order valence-corrected chi connectivity index (χ4v) is 2.48. The van der Waals surface area contributed by atoms with Crippen molar-refractivity contribution in [2.75, 3.05) is 0 Å². The minimum absolute atomic E-state index is 0.0194. The summed E-state index contributed by atoms with van der Waals surface area (Å²) in [6, 6.07) is 5.41. The van der Waals surface area contributed by atoms with Gasteiger partial charge in [0, 0.05) is 5.02 Å². The van der Waals surface area contributed by atoms with Gasteiger partial charge in [0.1, 0.15) is 5.75 Å². The average Bonchev–Trinajstić information content (AvgIpc) is 2.14. The molecule has 0 aliphatic heterocycles. The summed E-state index contributed by atoms with van der Waals surface area (Å²) in [6.45, 7) is 10.9. The van der Waals surface area contributed by atoms with Gasteiger partial charge in [-0.25, -0.2) is 0 Å². The lowest BCUT2D eigenvalue weighted by Gasteiger charge is -2.36. The Kier molecular flexibility index (Phi) is 4.28. The van der Waals surface area contributed by atoms with E-state index in [0.717, 1.165) is 11.3 Å². The van der Waals surface area contributed by atoms with Gasteiger partial charge in [0.2, 0.25) is 8.32 Å². The summed E-state index contributed by atoms with van der Waals surface area (Å²) in [5, 5.41) is 9.89. The average molecular weight is 273 g/mol. The van der Waals surface area contributed by atoms with Crippen molar-refractivity contribution in [2.24, 2.45) is 0 Å². The van der Waals surface area contributed by atoms with E-state index in [1.807, 2.05) is 6.07 Å². The van der Waals surface area contributed by atoms with Crippen molar-refractivity contribution < 1.29 is 9.53 Å². The van der Waals surface area contributed by atoms with Crippen LogP contribution in [0.3, 0.4) is 0 Å². The van der Waals surface area contributed by atoms with E-state index in [9.17, 15) is 0 Å². The van der Waals surface area contributed by atoms with Crippen molar-refractivity contribution >= 4 is 19.9 Å². The molecule has 0 atom stereocenters. The van der Waals surface area contributed by atoms with Crippen LogP contribution < -0.4 is 4.43 Å². The van der Waals surface area contributed by atoms with Crippen LogP contribution in [0.5, 0.6) is 5.75 Å². The lowest BCUT2D eigenvalue weighted by Crippen LogP contribution is -2.43. The molecule has 1 aromatic carbocycles. The van der Waals surface area contributed by atoms with E-state index in [2.05, 4.69) is 33.9 Å². The van der Waals surface area contributed by atoms with Gasteiger partial charge in [-0.3, -0.25) is 0 Å². The summed E-state index contributed by atoms with van der Waals surface area (Å²) < 4.78 is 6.13. The summed E-state index contributed by atoms with van der Waals surface area (Å²) in [5.74, 6) is 0.758. The zero-order valence-corrected chi connectivity index (χ0v) is 12.9. The number of hydrogen-bond donors (Lipinski definition) is 1. The number of hydrogen-bond acceptors (Lipinski definition) is 2. The van der Waals surface area contributed by atoms with Crippen LogP contribution >= 0.6 is 11.6 Å². The lowest BCUT2D eigenvalue weighted by molar-refractivity contribution is 0.281. The predicted molar refractivity (Wildman–Crippen MR) is 75.2 cm³/mol. The Labute approximate surface area is 110 Å². The minimum Gasteiger partial charge on any atom is -0.543 e. The molecule has 0 aliphatic rings. The summed E-state index contributed by atoms with van der Waals surface area (Å²) in [6.07, 6.45) is 0. The molecule has 0 spiro atoms. The van der Waals surface area contributed by atoms with Gasteiger partial charge < -0.3 is 9.53 Å². The normalized spacial score (nSPS) is 12.6. The van der Waals surface area contributed by atoms with Gasteiger partial charge in [0.15, 0.2) is 0 Å². The molecule has 2 nitrogen and oxygen atoms in total. The molecule has 0 aromatic heterocycles. The molecule has 1 rings (SSSR count). The summed E-state index contributed by atoms with van der Waals surface area (Å²) in [7, 11) is -1.84. The third-order valence-corrected chi connectivity index (χ3v) is 7.87. The SMILES string of the molecule is CC(C)(C)[Si](C)(C)Oc1cc(Cl)cc(CO)c1. The van der Waals surface area contributed by atoms with E-state index >= 15 is 0 Å². The molecule has 0 unspecified atom stereocenters. The number of benzene rings is 1. The van der Waals surface area contributed by atoms with Gasteiger partial charge in [0.05, 0.1) is 6.61 Å². The topological polar surface area (TPSA) is 29.5 Å². The third-order valence-electron chi connectivity index (χ3n) is 3.29. The van der Waals surface area contributed by atoms with Crippen molar-refractivity contribution in [2.45, 2.75) is 45.5 Å². The number of rotatable bonds is 3. The quantitative estimate of drug-likeness (QED) is 0.835. The monoisotopic (exact) mass is 272 g/mol. The molecule has 4 heteroatoms. The van der Waals surface area contributed by atoms with Gasteiger partial charge >= 0.3 is 0 Å². The highest BCUT2D eigenvalue weighted by atomic mass is 35.5. The van der Waals surface area contributed by atoms with Crippen LogP contribution in [0.4, 0.5) is 0 Å². The van der Waals surface area contributed by atoms with Crippen LogP contribution in [-0.4, -0.2) is 13.4 Å². The molecule has 0 saturated heterocycles.